The van der Waals surface area contributed by atoms with Crippen LogP contribution in [0.3, 0.4) is 0 Å². The fourth-order valence-corrected chi connectivity index (χ4v) is 2.93. The number of hydrogen-bond donors (Lipinski definition) is 1. The summed E-state index contributed by atoms with van der Waals surface area (Å²) in [5.74, 6) is -57.5. The van der Waals surface area contributed by atoms with Gasteiger partial charge >= 0.3 is 47.6 Å². The third-order valence-corrected chi connectivity index (χ3v) is 5.18. The lowest BCUT2D eigenvalue weighted by molar-refractivity contribution is -0.464. The van der Waals surface area contributed by atoms with Crippen LogP contribution in [0.4, 0.5) is 74.6 Å². The largest absolute Gasteiger partial charge is 0.460 e. The highest BCUT2D eigenvalue weighted by atomic mass is 19.4. The minimum Gasteiger partial charge on any atom is -0.382 e. The van der Waals surface area contributed by atoms with Crippen molar-refractivity contribution in [3.63, 3.8) is 0 Å². The molecule has 0 aliphatic rings. The van der Waals surface area contributed by atoms with Crippen molar-refractivity contribution in [1.29, 1.82) is 0 Å². The molecule has 0 aliphatic heterocycles. The average Bonchev–Trinajstić information content (AvgIpc) is 2.76. The van der Waals surface area contributed by atoms with E-state index in [1.165, 1.54) is 18.2 Å². The van der Waals surface area contributed by atoms with E-state index in [0.29, 0.717) is 12.1 Å². The summed E-state index contributed by atoms with van der Waals surface area (Å²) >= 11 is 0. The second-order valence-corrected chi connectivity index (χ2v) is 7.58. The number of halogens is 17. The lowest BCUT2D eigenvalue weighted by Crippen LogP contribution is -2.74. The molecular weight excluding hydrogens is 567 g/mol. The smallest absolute Gasteiger partial charge is 0.382 e. The van der Waals surface area contributed by atoms with Gasteiger partial charge in [0.2, 0.25) is 0 Å². The number of rotatable bonds is 8. The van der Waals surface area contributed by atoms with Crippen LogP contribution in [-0.4, -0.2) is 52.7 Å². The Kier molecular flexibility index (Phi) is 7.04. The van der Waals surface area contributed by atoms with Crippen LogP contribution in [0.25, 0.3) is 10.8 Å². The van der Waals surface area contributed by atoms with Gasteiger partial charge in [-0.05, 0) is 22.4 Å². The molecule has 0 radical (unpaired) electrons. The van der Waals surface area contributed by atoms with E-state index in [-0.39, 0.29) is 10.8 Å². The molecule has 0 saturated heterocycles. The van der Waals surface area contributed by atoms with Gasteiger partial charge in [0, 0.05) is 0 Å². The van der Waals surface area contributed by atoms with E-state index in [2.05, 4.69) is 0 Å². The standard InChI is InChI=1S/C19H9F17O/c20-12(21,11(37)10-6-5-8-3-1-2-4-9(8)7-10)13(22,23)14(24,25)15(26,27)16(28,29)17(30,31)18(32,33)19(34,35)36/h1-7,11,37H. The zero-order valence-corrected chi connectivity index (χ0v) is 17.0. The number of fused-ring (bicyclic) bond motifs is 1. The van der Waals surface area contributed by atoms with Crippen LogP contribution < -0.4 is 0 Å². The first-order chi connectivity index (χ1) is 16.2. The van der Waals surface area contributed by atoms with E-state index in [1.54, 1.807) is 0 Å². The second-order valence-electron chi connectivity index (χ2n) is 7.58. The van der Waals surface area contributed by atoms with Gasteiger partial charge in [-0.25, -0.2) is 0 Å². The highest BCUT2D eigenvalue weighted by molar-refractivity contribution is 5.83. The Balaban J connectivity index is 2.62. The second kappa shape index (κ2) is 8.49. The third-order valence-electron chi connectivity index (χ3n) is 5.18. The zero-order chi connectivity index (χ0) is 29.3. The van der Waals surface area contributed by atoms with E-state index in [9.17, 15) is 79.7 Å². The fourth-order valence-electron chi connectivity index (χ4n) is 2.93. The number of benzene rings is 2. The van der Waals surface area contributed by atoms with E-state index in [0.717, 1.165) is 12.1 Å². The molecule has 0 fully saturated rings. The summed E-state index contributed by atoms with van der Waals surface area (Å²) in [5, 5.41) is 9.58. The lowest BCUT2D eigenvalue weighted by Gasteiger charge is -2.43. The zero-order valence-electron chi connectivity index (χ0n) is 17.0. The van der Waals surface area contributed by atoms with Crippen molar-refractivity contribution in [2.24, 2.45) is 0 Å². The highest BCUT2D eigenvalue weighted by Crippen LogP contribution is 2.64. The summed E-state index contributed by atoms with van der Waals surface area (Å²) in [7, 11) is 0. The molecule has 18 heteroatoms. The van der Waals surface area contributed by atoms with Gasteiger partial charge in [-0.3, -0.25) is 0 Å². The number of alkyl halides is 17. The maximum absolute atomic E-state index is 14.2. The first-order valence-electron chi connectivity index (χ1n) is 9.11. The predicted molar refractivity (Wildman–Crippen MR) is 89.6 cm³/mol. The van der Waals surface area contributed by atoms with Crippen molar-refractivity contribution in [2.45, 2.75) is 53.7 Å². The molecule has 1 atom stereocenters. The summed E-state index contributed by atoms with van der Waals surface area (Å²) in [6, 6.07) is 6.59. The molecule has 0 bridgehead atoms. The van der Waals surface area contributed by atoms with Crippen LogP contribution >= 0.6 is 0 Å². The molecule has 2 rings (SSSR count). The Bertz CT molecular complexity index is 1130. The quantitative estimate of drug-likeness (QED) is 0.317. The molecular formula is C19H9F17O. The van der Waals surface area contributed by atoms with Crippen molar-refractivity contribution in [3.05, 3.63) is 48.0 Å². The maximum Gasteiger partial charge on any atom is 0.460 e. The number of hydrogen-bond acceptors (Lipinski definition) is 1. The normalized spacial score (nSPS) is 16.3. The van der Waals surface area contributed by atoms with Gasteiger partial charge in [0.25, 0.3) is 0 Å². The van der Waals surface area contributed by atoms with Gasteiger partial charge in [0.05, 0.1) is 0 Å². The fraction of sp³-hybridized carbons (Fsp3) is 0.474. The van der Waals surface area contributed by atoms with E-state index in [1.807, 2.05) is 0 Å². The van der Waals surface area contributed by atoms with Gasteiger partial charge in [0.1, 0.15) is 6.10 Å². The topological polar surface area (TPSA) is 20.2 Å². The monoisotopic (exact) mass is 576 g/mol. The Morgan fingerprint density at radius 2 is 0.838 bits per heavy atom. The van der Waals surface area contributed by atoms with Gasteiger partial charge in [0.15, 0.2) is 0 Å². The molecule has 0 aliphatic carbocycles. The lowest BCUT2D eigenvalue weighted by atomic mass is 9.86. The molecule has 2 aromatic carbocycles. The van der Waals surface area contributed by atoms with E-state index < -0.39 is 59.3 Å². The molecule has 0 heterocycles. The SMILES string of the molecule is OC(c1ccc2ccccc2c1)C(F)(F)C(F)(F)C(F)(F)C(F)(F)C(F)(F)C(F)(F)C(F)(F)C(F)(F)F. The van der Waals surface area contributed by atoms with Gasteiger partial charge in [-0.2, -0.15) is 74.6 Å². The van der Waals surface area contributed by atoms with Crippen LogP contribution in [0, 0.1) is 0 Å². The van der Waals surface area contributed by atoms with Crippen LogP contribution in [0.15, 0.2) is 42.5 Å². The molecule has 1 unspecified atom stereocenters. The van der Waals surface area contributed by atoms with Crippen LogP contribution in [0.2, 0.25) is 0 Å². The minimum atomic E-state index is -8.71. The number of aliphatic hydroxyl groups is 1. The Morgan fingerprint density at radius 1 is 0.459 bits per heavy atom. The minimum absolute atomic E-state index is 0.143. The molecule has 0 saturated carbocycles. The first kappa shape index (κ1) is 30.7. The van der Waals surface area contributed by atoms with Crippen molar-refractivity contribution in [3.8, 4) is 0 Å². The van der Waals surface area contributed by atoms with Crippen molar-refractivity contribution >= 4 is 10.8 Å². The molecule has 210 valence electrons. The molecule has 0 aromatic heterocycles. The number of aliphatic hydroxyl groups excluding tert-OH is 1. The molecule has 37 heavy (non-hydrogen) atoms. The average molecular weight is 576 g/mol. The maximum atomic E-state index is 14.2. The predicted octanol–water partition coefficient (Wildman–Crippen LogP) is 7.88. The summed E-state index contributed by atoms with van der Waals surface area (Å²) in [5.41, 5.74) is -1.41. The van der Waals surface area contributed by atoms with Crippen molar-refractivity contribution < 1.29 is 79.7 Å². The Morgan fingerprint density at radius 3 is 1.27 bits per heavy atom. The molecule has 0 spiro atoms. The summed E-state index contributed by atoms with van der Waals surface area (Å²) in [4.78, 5) is 0. The van der Waals surface area contributed by atoms with E-state index >= 15 is 0 Å². The third kappa shape index (κ3) is 4.05. The van der Waals surface area contributed by atoms with Gasteiger partial charge in [-0.1, -0.05) is 36.4 Å². The summed E-state index contributed by atoms with van der Waals surface area (Å²) < 4.78 is 227. The summed E-state index contributed by atoms with van der Waals surface area (Å²) in [6.45, 7) is 0. The first-order valence-corrected chi connectivity index (χ1v) is 9.11. The van der Waals surface area contributed by atoms with Gasteiger partial charge < -0.3 is 5.11 Å². The van der Waals surface area contributed by atoms with Gasteiger partial charge in [-0.15, -0.1) is 0 Å². The van der Waals surface area contributed by atoms with Crippen molar-refractivity contribution in [1.82, 2.24) is 0 Å². The molecule has 2 aromatic rings. The van der Waals surface area contributed by atoms with Crippen LogP contribution in [0.5, 0.6) is 0 Å². The van der Waals surface area contributed by atoms with Crippen molar-refractivity contribution in [2.75, 3.05) is 0 Å². The molecule has 0 amide bonds. The highest BCUT2D eigenvalue weighted by Gasteiger charge is 2.95. The van der Waals surface area contributed by atoms with Crippen LogP contribution in [0.1, 0.15) is 11.7 Å². The summed E-state index contributed by atoms with van der Waals surface area (Å²) in [6.07, 6.45) is -12.1. The Labute approximate surface area is 193 Å². The Hall–Kier alpha value is -2.53. The molecule has 1 nitrogen and oxygen atoms in total. The van der Waals surface area contributed by atoms with E-state index in [4.69, 9.17) is 0 Å². The van der Waals surface area contributed by atoms with Crippen LogP contribution in [-0.2, 0) is 0 Å². The molecule has 1 N–H and O–H groups in total.